The van der Waals surface area contributed by atoms with E-state index in [1.54, 1.807) is 0 Å². The fourth-order valence-electron chi connectivity index (χ4n) is 0. The molecule has 4 radical (unpaired) electrons. The van der Waals surface area contributed by atoms with E-state index in [0.717, 1.165) is 0 Å². The Hall–Kier alpha value is -2.06. The molecule has 25 heavy (non-hydrogen) atoms. The largest absolute Gasteiger partial charge is 2.00 e. The summed E-state index contributed by atoms with van der Waals surface area (Å²) < 4.78 is 0. The zero-order chi connectivity index (χ0) is 20.0. The van der Waals surface area contributed by atoms with E-state index in [1.165, 1.54) is 0 Å². The third kappa shape index (κ3) is 2050. The van der Waals surface area contributed by atoms with Crippen molar-refractivity contribution < 1.29 is 85.3 Å². The van der Waals surface area contributed by atoms with Crippen LogP contribution in [0.4, 0.5) is 0 Å². The minimum Gasteiger partial charge on any atom is -0.577 e. The molecule has 0 amide bonds. The Morgan fingerprint density at radius 1 is 0.320 bits per heavy atom. The maximum atomic E-state index is 7.25. The van der Waals surface area contributed by atoms with Gasteiger partial charge in [0.1, 0.15) is 0 Å². The van der Waals surface area contributed by atoms with Crippen LogP contribution in [0.3, 0.4) is 0 Å². The second-order valence-electron chi connectivity index (χ2n) is 0. The molecule has 0 aromatic heterocycles. The Morgan fingerprint density at radius 3 is 0.320 bits per heavy atom. The molecule has 0 aliphatic heterocycles. The number of hydrogen-bond acceptors (Lipinski definition) is 10. The molecule has 0 rings (SSSR count). The first kappa shape index (κ1) is 175. The molecule has 0 N–H and O–H groups in total. The maximum Gasteiger partial charge on any atom is 2.00 e. The van der Waals surface area contributed by atoms with E-state index in [2.05, 4.69) is 0 Å². The molecule has 0 fully saturated rings. The van der Waals surface area contributed by atoms with Gasteiger partial charge in [-0.25, -0.2) is 0 Å². The van der Waals surface area contributed by atoms with Gasteiger partial charge < -0.3 is 113 Å². The minimum absolute atomic E-state index is 0. The summed E-state index contributed by atoms with van der Waals surface area (Å²) in [6, 6.07) is 0. The van der Waals surface area contributed by atoms with Crippen molar-refractivity contribution >= 4 is 0 Å². The van der Waals surface area contributed by atoms with E-state index < -0.39 is 0 Å². The zero-order valence-electron chi connectivity index (χ0n) is 10.7. The molecule has 0 saturated heterocycles. The third-order valence-electron chi connectivity index (χ3n) is 0. The number of rotatable bonds is 0. The van der Waals surface area contributed by atoms with Crippen LogP contribution in [0.15, 0.2) is 0 Å². The molecule has 0 atom stereocenters. The molecule has 0 unspecified atom stereocenters. The van der Waals surface area contributed by atoms with Crippen molar-refractivity contribution in [3.8, 4) is 0 Å². The molecule has 19 heteroatoms. The summed E-state index contributed by atoms with van der Waals surface area (Å²) in [4.78, 5) is 29.0. The molecular weight excluding hydrogens is 586 g/mol. The molecule has 14 nitrogen and oxygen atoms in total. The quantitative estimate of drug-likeness (QED) is 0.293. The number of nitrogens with zero attached hydrogens (tertiary/aromatic N) is 10. The summed E-state index contributed by atoms with van der Waals surface area (Å²) in [5.74, 6) is 0. The molecular formula is C6Cu4FeN10O4. The number of nitroso groups, excluding NO2 is 4. The van der Waals surface area contributed by atoms with Crippen LogP contribution in [0.25, 0.3) is 22.4 Å². The van der Waals surface area contributed by atoms with Crippen LogP contribution < -0.4 is 0 Å². The van der Waals surface area contributed by atoms with Crippen LogP contribution in [0.5, 0.6) is 0 Å². The van der Waals surface area contributed by atoms with Crippen LogP contribution in [0.2, 0.25) is 0 Å². The first-order valence-electron chi connectivity index (χ1n) is 2.07. The Labute approximate surface area is 197 Å². The molecule has 0 bridgehead atoms. The van der Waals surface area contributed by atoms with E-state index >= 15 is 0 Å². The predicted octanol–water partition coefficient (Wildman–Crippen LogP) is 1.85. The summed E-state index contributed by atoms with van der Waals surface area (Å²) >= 11 is 0. The van der Waals surface area contributed by atoms with Gasteiger partial charge in [0.2, 0.25) is 0 Å². The second kappa shape index (κ2) is 2260. The standard InChI is InChI=1S/6CN.4Cu.Fe.4NO/c6*1-2;;;;;;4*1-2/q6*-1;5*+2;4*-1. The fraction of sp³-hybridized carbons (Fsp3) is 0. The van der Waals surface area contributed by atoms with Crippen molar-refractivity contribution in [2.45, 2.75) is 0 Å². The Bertz CT molecular complexity index is 165. The zero-order valence-corrected chi connectivity index (χ0v) is 15.5. The van der Waals surface area contributed by atoms with E-state index in [1.807, 2.05) is 0 Å². The van der Waals surface area contributed by atoms with Crippen LogP contribution in [0, 0.1) is 90.6 Å². The van der Waals surface area contributed by atoms with E-state index in [-0.39, 0.29) is 85.3 Å². The van der Waals surface area contributed by atoms with Crippen molar-refractivity contribution in [3.05, 3.63) is 81.4 Å². The molecule has 0 aromatic rings. The van der Waals surface area contributed by atoms with E-state index in [4.69, 9.17) is 113 Å². The molecule has 0 spiro atoms. The van der Waals surface area contributed by atoms with Gasteiger partial charge in [0.25, 0.3) is 0 Å². The van der Waals surface area contributed by atoms with Crippen molar-refractivity contribution in [2.75, 3.05) is 0 Å². The van der Waals surface area contributed by atoms with Gasteiger partial charge in [0.15, 0.2) is 0 Å². The summed E-state index contributed by atoms with van der Waals surface area (Å²) in [6.07, 6.45) is 0. The molecule has 0 heterocycles. The normalized spacial score (nSPS) is 1.12. The smallest absolute Gasteiger partial charge is 0.577 e. The maximum absolute atomic E-state index is 7.25. The van der Waals surface area contributed by atoms with Gasteiger partial charge in [-0.05, 0) is 0 Å². The first-order valence-corrected chi connectivity index (χ1v) is 2.07. The van der Waals surface area contributed by atoms with Crippen molar-refractivity contribution in [1.29, 1.82) is 31.6 Å². The topological polar surface area (TPSA) is 300 Å². The molecule has 0 aliphatic carbocycles. The van der Waals surface area contributed by atoms with Gasteiger partial charge in [-0.3, -0.25) is 0 Å². The third-order valence-corrected chi connectivity index (χ3v) is 0. The molecule has 150 valence electrons. The van der Waals surface area contributed by atoms with Crippen molar-refractivity contribution in [2.24, 2.45) is 0 Å². The van der Waals surface area contributed by atoms with Gasteiger partial charge in [0.05, 0.1) is 0 Å². The molecule has 0 saturated carbocycles. The predicted molar refractivity (Wildman–Crippen MR) is 56.7 cm³/mol. The van der Waals surface area contributed by atoms with Crippen LogP contribution in [-0.4, -0.2) is 0 Å². The molecule has 0 aromatic carbocycles. The van der Waals surface area contributed by atoms with Gasteiger partial charge in [-0.2, -0.15) is 0 Å². The van der Waals surface area contributed by atoms with Crippen molar-refractivity contribution in [3.63, 3.8) is 0 Å². The Kier molecular flexibility index (Phi) is 15800. The Morgan fingerprint density at radius 2 is 0.320 bits per heavy atom. The van der Waals surface area contributed by atoms with Crippen LogP contribution >= 0.6 is 0 Å². The van der Waals surface area contributed by atoms with Gasteiger partial charge in [-0.1, -0.05) is 0 Å². The monoisotopic (exact) mass is 584 g/mol. The van der Waals surface area contributed by atoms with E-state index in [9.17, 15) is 0 Å². The fourth-order valence-corrected chi connectivity index (χ4v) is 0. The minimum atomic E-state index is 0. The van der Waals surface area contributed by atoms with Gasteiger partial charge in [0, 0.05) is 0 Å². The first-order chi connectivity index (χ1) is 10.0. The second-order valence-corrected chi connectivity index (χ2v) is 0. The average Bonchev–Trinajstić information content (AvgIpc) is 2.71. The summed E-state index contributed by atoms with van der Waals surface area (Å²) in [6.45, 7) is 28.5. The number of hydrogen-bond donors (Lipinski definition) is 0. The van der Waals surface area contributed by atoms with Gasteiger partial charge >= 0.3 is 85.3 Å². The summed E-state index contributed by atoms with van der Waals surface area (Å²) in [7, 11) is 0. The van der Waals surface area contributed by atoms with Gasteiger partial charge in [-0.15, -0.1) is 0 Å². The SMILES string of the molecule is [C-]#N.[C-]#N.[C-]#N.[C-]#N.[C-]#N.[C-]#N.[Cu+2].[Cu+2].[Cu+2].[Cu+2].[Fe+2].[N-]=O.[N-]=O.[N-]=O.[N-]=O. The van der Waals surface area contributed by atoms with Crippen LogP contribution in [0.1, 0.15) is 0 Å². The molecule has 0 aliphatic rings. The Balaban J connectivity index is -0.00000000334. The van der Waals surface area contributed by atoms with E-state index in [0.29, 0.717) is 0 Å². The van der Waals surface area contributed by atoms with Crippen molar-refractivity contribution in [1.82, 2.24) is 0 Å². The van der Waals surface area contributed by atoms with Crippen LogP contribution in [-0.2, 0) is 85.3 Å². The average molecular weight is 586 g/mol. The summed E-state index contributed by atoms with van der Waals surface area (Å²) in [5, 5.41) is 37.5. The summed E-state index contributed by atoms with van der Waals surface area (Å²) in [5.41, 5.74) is 23.0.